The fourth-order valence-corrected chi connectivity index (χ4v) is 6.20. The van der Waals surface area contributed by atoms with Gasteiger partial charge in [-0.2, -0.15) is 0 Å². The zero-order valence-corrected chi connectivity index (χ0v) is 25.3. The van der Waals surface area contributed by atoms with Crippen LogP contribution in [0.25, 0.3) is 5.69 Å². The van der Waals surface area contributed by atoms with Gasteiger partial charge in [0, 0.05) is 40.3 Å². The van der Waals surface area contributed by atoms with Crippen molar-refractivity contribution in [3.8, 4) is 5.69 Å². The second-order valence-electron chi connectivity index (χ2n) is 11.1. The highest BCUT2D eigenvalue weighted by Crippen LogP contribution is 2.34. The molecule has 1 aromatic heterocycles. The molecule has 3 heterocycles. The van der Waals surface area contributed by atoms with Crippen molar-refractivity contribution in [3.05, 3.63) is 91.1 Å². The number of aryl methyl sites for hydroxylation is 1. The molecule has 1 N–H and O–H groups in total. The number of hydrogen-bond donors (Lipinski definition) is 1. The first-order chi connectivity index (χ1) is 19.1. The number of aromatic nitrogens is 2. The van der Waals surface area contributed by atoms with Crippen molar-refractivity contribution in [1.82, 2.24) is 24.7 Å². The summed E-state index contributed by atoms with van der Waals surface area (Å²) in [5.74, 6) is 0.462. The first kappa shape index (κ1) is 28.2. The number of hydrogen-bond acceptors (Lipinski definition) is 5. The average Bonchev–Trinajstić information content (AvgIpc) is 3.44. The lowest BCUT2D eigenvalue weighted by molar-refractivity contribution is 0.0651. The molecule has 8 nitrogen and oxygen atoms in total. The lowest BCUT2D eigenvalue weighted by Gasteiger charge is -2.36. The number of rotatable bonds is 5. The van der Waals surface area contributed by atoms with Crippen LogP contribution >= 0.6 is 15.9 Å². The largest absolute Gasteiger partial charge is 0.355 e. The van der Waals surface area contributed by atoms with Crippen LogP contribution in [0.2, 0.25) is 0 Å². The normalized spacial score (nSPS) is 19.1. The maximum absolute atomic E-state index is 14.2. The monoisotopic (exact) mass is 605 g/mol. The summed E-state index contributed by atoms with van der Waals surface area (Å²) in [6.07, 6.45) is 2.35. The van der Waals surface area contributed by atoms with Gasteiger partial charge in [-0.05, 0) is 102 Å². The zero-order chi connectivity index (χ0) is 28.7. The molecule has 2 unspecified atom stereocenters. The van der Waals surface area contributed by atoms with Gasteiger partial charge in [-0.15, -0.1) is 0 Å². The summed E-state index contributed by atoms with van der Waals surface area (Å²) >= 11 is 3.52. The van der Waals surface area contributed by atoms with Crippen molar-refractivity contribution in [2.45, 2.75) is 71.6 Å². The summed E-state index contributed by atoms with van der Waals surface area (Å²) in [4.78, 5) is 49.4. The lowest BCUT2D eigenvalue weighted by Crippen LogP contribution is -2.46. The Bertz CT molecular complexity index is 1510. The topological polar surface area (TPSA) is 87.5 Å². The number of amides is 2. The Morgan fingerprint density at radius 3 is 2.45 bits per heavy atom. The molecule has 2 atom stereocenters. The maximum atomic E-state index is 14.2. The Morgan fingerprint density at radius 2 is 1.80 bits per heavy atom. The molecule has 40 heavy (non-hydrogen) atoms. The first-order valence-corrected chi connectivity index (χ1v) is 14.7. The van der Waals surface area contributed by atoms with E-state index in [-0.39, 0.29) is 36.0 Å². The zero-order valence-electron chi connectivity index (χ0n) is 23.7. The van der Waals surface area contributed by atoms with Gasteiger partial charge in [-0.25, -0.2) is 4.98 Å². The number of carbonyl (C=O) groups is 2. The Hall–Kier alpha value is -3.30. The van der Waals surface area contributed by atoms with Crippen molar-refractivity contribution in [1.29, 1.82) is 0 Å². The van der Waals surface area contributed by atoms with Crippen LogP contribution in [0.4, 0.5) is 0 Å². The fourth-order valence-electron chi connectivity index (χ4n) is 5.96. The number of halogens is 1. The van der Waals surface area contributed by atoms with Crippen LogP contribution < -0.4 is 10.9 Å². The molecule has 2 amide bonds. The van der Waals surface area contributed by atoms with Crippen molar-refractivity contribution in [3.63, 3.8) is 0 Å². The van der Waals surface area contributed by atoms with Gasteiger partial charge in [0.15, 0.2) is 0 Å². The van der Waals surface area contributed by atoms with E-state index in [1.54, 1.807) is 23.7 Å². The third-order valence-corrected chi connectivity index (χ3v) is 9.07. The van der Waals surface area contributed by atoms with E-state index in [4.69, 9.17) is 4.98 Å². The predicted molar refractivity (Wildman–Crippen MR) is 159 cm³/mol. The van der Waals surface area contributed by atoms with Gasteiger partial charge in [-0.3, -0.25) is 23.9 Å². The number of nitrogens with one attached hydrogen (secondary N) is 1. The first-order valence-electron chi connectivity index (χ1n) is 13.9. The van der Waals surface area contributed by atoms with Gasteiger partial charge in [0.25, 0.3) is 17.4 Å². The minimum absolute atomic E-state index is 0.0192. The van der Waals surface area contributed by atoms with Crippen LogP contribution in [0.1, 0.15) is 83.0 Å². The minimum atomic E-state index is -0.177. The number of nitrogens with zero attached hydrogens (tertiary/aromatic N) is 4. The molecule has 2 aliphatic rings. The van der Waals surface area contributed by atoms with Crippen LogP contribution in [0.3, 0.4) is 0 Å². The number of benzene rings is 2. The van der Waals surface area contributed by atoms with Crippen molar-refractivity contribution < 1.29 is 9.59 Å². The fraction of sp³-hybridized carbons (Fsp3) is 0.419. The third kappa shape index (κ3) is 5.12. The van der Waals surface area contributed by atoms with Crippen LogP contribution in [-0.4, -0.2) is 56.8 Å². The molecule has 1 saturated heterocycles. The molecule has 5 rings (SSSR count). The summed E-state index contributed by atoms with van der Waals surface area (Å²) < 4.78 is 2.70. The molecule has 0 aliphatic carbocycles. The van der Waals surface area contributed by atoms with Gasteiger partial charge < -0.3 is 10.2 Å². The predicted octanol–water partition coefficient (Wildman–Crippen LogP) is 4.80. The average molecular weight is 607 g/mol. The maximum Gasteiger partial charge on any atom is 0.261 e. The van der Waals surface area contributed by atoms with E-state index < -0.39 is 0 Å². The molecular formula is C31H36BrN5O3. The summed E-state index contributed by atoms with van der Waals surface area (Å²) in [6, 6.07) is 12.9. The SMILES string of the molecule is CNC(=O)c1ccc(-n2c(C3CCCN3C(C)C)nc3c(c2=O)CC(C)N(C(=O)c2ccc(Br)c(C)c2)C3)cc1. The van der Waals surface area contributed by atoms with Crippen LogP contribution in [-0.2, 0) is 13.0 Å². The quantitative estimate of drug-likeness (QED) is 0.451. The molecular weight excluding hydrogens is 570 g/mol. The molecule has 1 fully saturated rings. The van der Waals surface area contributed by atoms with E-state index in [9.17, 15) is 14.4 Å². The summed E-state index contributed by atoms with van der Waals surface area (Å²) in [5, 5.41) is 2.64. The van der Waals surface area contributed by atoms with Crippen LogP contribution in [0, 0.1) is 6.92 Å². The minimum Gasteiger partial charge on any atom is -0.355 e. The molecule has 0 radical (unpaired) electrons. The Kier molecular flexibility index (Phi) is 7.97. The highest BCUT2D eigenvalue weighted by Gasteiger charge is 2.36. The molecule has 0 bridgehead atoms. The van der Waals surface area contributed by atoms with Gasteiger partial charge in [0.2, 0.25) is 0 Å². The molecule has 9 heteroatoms. The summed E-state index contributed by atoms with van der Waals surface area (Å²) in [7, 11) is 1.60. The molecule has 210 valence electrons. The van der Waals surface area contributed by atoms with Gasteiger partial charge in [0.1, 0.15) is 5.82 Å². The van der Waals surface area contributed by atoms with Gasteiger partial charge >= 0.3 is 0 Å². The highest BCUT2D eigenvalue weighted by molar-refractivity contribution is 9.10. The van der Waals surface area contributed by atoms with Crippen LogP contribution in [0.15, 0.2) is 51.7 Å². The van der Waals surface area contributed by atoms with E-state index in [1.807, 2.05) is 49.1 Å². The number of fused-ring (bicyclic) bond motifs is 1. The number of likely N-dealkylation sites (tertiary alicyclic amines) is 1. The second kappa shape index (κ2) is 11.3. The molecule has 0 spiro atoms. The van der Waals surface area contributed by atoms with Crippen molar-refractivity contribution in [2.24, 2.45) is 0 Å². The molecule has 2 aliphatic heterocycles. The molecule has 3 aromatic rings. The van der Waals surface area contributed by atoms with E-state index in [1.165, 1.54) is 0 Å². The van der Waals surface area contributed by atoms with Gasteiger partial charge in [-0.1, -0.05) is 15.9 Å². The summed E-state index contributed by atoms with van der Waals surface area (Å²) in [5.41, 5.74) is 4.07. The van der Waals surface area contributed by atoms with E-state index in [0.717, 1.165) is 29.4 Å². The smallest absolute Gasteiger partial charge is 0.261 e. The Labute approximate surface area is 243 Å². The number of carbonyl (C=O) groups excluding carboxylic acids is 2. The van der Waals surface area contributed by atoms with Crippen molar-refractivity contribution in [2.75, 3.05) is 13.6 Å². The standard InChI is InChI=1S/C31H36BrN5O3/c1-18(2)35-14-6-7-27(35)28-34-26-17-36(30(39)22-10-13-25(32)19(3)15-22)20(4)16-24(26)31(40)37(28)23-11-8-21(9-12-23)29(38)33-5/h8-13,15,18,20,27H,6-7,14,16-17H2,1-5H3,(H,33,38). The second-order valence-corrected chi connectivity index (χ2v) is 12.0. The van der Waals surface area contributed by atoms with Crippen molar-refractivity contribution >= 4 is 27.7 Å². The van der Waals surface area contributed by atoms with E-state index >= 15 is 0 Å². The van der Waals surface area contributed by atoms with Gasteiger partial charge in [0.05, 0.1) is 24.0 Å². The third-order valence-electron chi connectivity index (χ3n) is 8.18. The molecule has 2 aromatic carbocycles. The molecule has 0 saturated carbocycles. The lowest BCUT2D eigenvalue weighted by atomic mass is 9.97. The highest BCUT2D eigenvalue weighted by atomic mass is 79.9. The van der Waals surface area contributed by atoms with E-state index in [2.05, 4.69) is 40.0 Å². The summed E-state index contributed by atoms with van der Waals surface area (Å²) in [6.45, 7) is 9.52. The Balaban J connectivity index is 1.61. The van der Waals surface area contributed by atoms with E-state index in [0.29, 0.717) is 46.4 Å². The van der Waals surface area contributed by atoms with Crippen LogP contribution in [0.5, 0.6) is 0 Å². The Morgan fingerprint density at radius 1 is 1.10 bits per heavy atom.